The Morgan fingerprint density at radius 2 is 1.94 bits per heavy atom. The van der Waals surface area contributed by atoms with E-state index in [4.69, 9.17) is 0 Å². The zero-order valence-electron chi connectivity index (χ0n) is 18.1. The van der Waals surface area contributed by atoms with E-state index in [0.717, 1.165) is 12.1 Å². The first-order valence-corrected chi connectivity index (χ1v) is 10.6. The molecule has 1 aliphatic heterocycles. The van der Waals surface area contributed by atoms with Crippen molar-refractivity contribution in [3.05, 3.63) is 59.8 Å². The lowest BCUT2D eigenvalue weighted by Crippen LogP contribution is -2.40. The van der Waals surface area contributed by atoms with Crippen LogP contribution in [0.15, 0.2) is 42.6 Å². The SMILES string of the molecule is CCc1cc(C(=O)N2CCC(n3nccc3NC(=O)Nc3cccc(F)c3)CC2)n(C)n1. The Bertz CT molecular complexity index is 1120. The second kappa shape index (κ2) is 9.21. The summed E-state index contributed by atoms with van der Waals surface area (Å²) in [5.41, 5.74) is 1.85. The van der Waals surface area contributed by atoms with Crippen LogP contribution >= 0.6 is 0 Å². The molecule has 2 aromatic heterocycles. The van der Waals surface area contributed by atoms with Gasteiger partial charge in [0.2, 0.25) is 0 Å². The maximum absolute atomic E-state index is 13.3. The van der Waals surface area contributed by atoms with Gasteiger partial charge in [-0.3, -0.25) is 14.8 Å². The molecular formula is C22H26FN7O2. The number of amides is 3. The summed E-state index contributed by atoms with van der Waals surface area (Å²) in [6.07, 6.45) is 3.83. The minimum atomic E-state index is -0.479. The van der Waals surface area contributed by atoms with Crippen molar-refractivity contribution in [2.75, 3.05) is 23.7 Å². The highest BCUT2D eigenvalue weighted by atomic mass is 19.1. The maximum Gasteiger partial charge on any atom is 0.324 e. The fourth-order valence-electron chi connectivity index (χ4n) is 3.92. The number of carbonyl (C=O) groups is 2. The van der Waals surface area contributed by atoms with Gasteiger partial charge in [-0.2, -0.15) is 10.2 Å². The lowest BCUT2D eigenvalue weighted by atomic mass is 10.0. The third-order valence-corrected chi connectivity index (χ3v) is 5.60. The molecular weight excluding hydrogens is 413 g/mol. The molecule has 4 rings (SSSR count). The van der Waals surface area contributed by atoms with Crippen LogP contribution in [0.4, 0.5) is 20.7 Å². The van der Waals surface area contributed by atoms with Gasteiger partial charge in [-0.15, -0.1) is 0 Å². The van der Waals surface area contributed by atoms with Crippen molar-refractivity contribution in [2.45, 2.75) is 32.2 Å². The number of carbonyl (C=O) groups excluding carboxylic acids is 2. The van der Waals surface area contributed by atoms with Gasteiger partial charge in [-0.25, -0.2) is 13.9 Å². The summed E-state index contributed by atoms with van der Waals surface area (Å²) < 4.78 is 16.7. The smallest absolute Gasteiger partial charge is 0.324 e. The highest BCUT2D eigenvalue weighted by molar-refractivity contribution is 5.99. The number of anilines is 2. The predicted molar refractivity (Wildman–Crippen MR) is 118 cm³/mol. The summed E-state index contributed by atoms with van der Waals surface area (Å²) in [5.74, 6) is 0.0977. The molecule has 1 fully saturated rings. The molecule has 0 bridgehead atoms. The standard InChI is InChI=1S/C22H26FN7O2/c1-3-16-14-19(28(2)27-16)21(31)29-11-8-18(9-12-29)30-20(7-10-24-30)26-22(32)25-17-6-4-5-15(23)13-17/h4-7,10,13-14,18H,3,8-9,11-12H2,1-2H3,(H2,25,26,32). The molecule has 1 aromatic carbocycles. The number of nitrogens with one attached hydrogen (secondary N) is 2. The first kappa shape index (κ1) is 21.5. The van der Waals surface area contributed by atoms with Gasteiger partial charge < -0.3 is 10.2 Å². The van der Waals surface area contributed by atoms with E-state index >= 15 is 0 Å². The number of benzene rings is 1. The van der Waals surface area contributed by atoms with Crippen molar-refractivity contribution in [2.24, 2.45) is 7.05 Å². The first-order chi connectivity index (χ1) is 15.4. The summed E-state index contributed by atoms with van der Waals surface area (Å²) in [6.45, 7) is 3.19. The van der Waals surface area contributed by atoms with Crippen LogP contribution < -0.4 is 10.6 Å². The molecule has 0 spiro atoms. The molecule has 0 radical (unpaired) electrons. The molecule has 0 unspecified atom stereocenters. The van der Waals surface area contributed by atoms with Crippen LogP contribution in [-0.4, -0.2) is 49.5 Å². The summed E-state index contributed by atoms with van der Waals surface area (Å²) in [4.78, 5) is 27.1. The number of urea groups is 1. The Kier molecular flexibility index (Phi) is 6.20. The number of nitrogens with zero attached hydrogens (tertiary/aromatic N) is 5. The fourth-order valence-corrected chi connectivity index (χ4v) is 3.92. The number of aromatic nitrogens is 4. The molecule has 9 nitrogen and oxygen atoms in total. The molecule has 168 valence electrons. The molecule has 0 saturated carbocycles. The van der Waals surface area contributed by atoms with Crippen molar-refractivity contribution in [3.8, 4) is 0 Å². The van der Waals surface area contributed by atoms with Gasteiger partial charge in [0.25, 0.3) is 5.91 Å². The van der Waals surface area contributed by atoms with E-state index in [1.807, 2.05) is 17.9 Å². The van der Waals surface area contributed by atoms with Gasteiger partial charge in [0.05, 0.1) is 17.9 Å². The van der Waals surface area contributed by atoms with E-state index in [0.29, 0.717) is 43.1 Å². The van der Waals surface area contributed by atoms with Crippen molar-refractivity contribution >= 4 is 23.4 Å². The van der Waals surface area contributed by atoms with Crippen molar-refractivity contribution in [3.63, 3.8) is 0 Å². The lowest BCUT2D eigenvalue weighted by molar-refractivity contribution is 0.0680. The van der Waals surface area contributed by atoms with Gasteiger partial charge in [0.1, 0.15) is 17.3 Å². The highest BCUT2D eigenvalue weighted by Gasteiger charge is 2.28. The van der Waals surface area contributed by atoms with Crippen LogP contribution in [0.25, 0.3) is 0 Å². The molecule has 2 N–H and O–H groups in total. The van der Waals surface area contributed by atoms with Crippen LogP contribution in [0, 0.1) is 5.82 Å². The molecule has 0 atom stereocenters. The van der Waals surface area contributed by atoms with Crippen LogP contribution in [0.3, 0.4) is 0 Å². The first-order valence-electron chi connectivity index (χ1n) is 10.6. The summed E-state index contributed by atoms with van der Waals surface area (Å²) in [5, 5.41) is 14.1. The largest absolute Gasteiger partial charge is 0.337 e. The Morgan fingerprint density at radius 1 is 1.16 bits per heavy atom. The van der Waals surface area contributed by atoms with E-state index < -0.39 is 11.8 Å². The summed E-state index contributed by atoms with van der Waals surface area (Å²) >= 11 is 0. The lowest BCUT2D eigenvalue weighted by Gasteiger charge is -2.32. The van der Waals surface area contributed by atoms with E-state index in [1.54, 1.807) is 34.7 Å². The van der Waals surface area contributed by atoms with Crippen LogP contribution in [0.1, 0.15) is 42.0 Å². The highest BCUT2D eigenvalue weighted by Crippen LogP contribution is 2.26. The van der Waals surface area contributed by atoms with E-state index in [1.165, 1.54) is 18.2 Å². The minimum absolute atomic E-state index is 0.0218. The van der Waals surface area contributed by atoms with Crippen molar-refractivity contribution in [1.29, 1.82) is 0 Å². The van der Waals surface area contributed by atoms with Gasteiger partial charge in [-0.05, 0) is 43.5 Å². The number of hydrogen-bond acceptors (Lipinski definition) is 4. The zero-order chi connectivity index (χ0) is 22.7. The average molecular weight is 439 g/mol. The Labute approximate surface area is 185 Å². The number of likely N-dealkylation sites (tertiary alicyclic amines) is 1. The van der Waals surface area contributed by atoms with Crippen molar-refractivity contribution < 1.29 is 14.0 Å². The Balaban J connectivity index is 1.36. The van der Waals surface area contributed by atoms with E-state index in [-0.39, 0.29) is 11.9 Å². The molecule has 0 aliphatic carbocycles. The maximum atomic E-state index is 13.3. The topological polar surface area (TPSA) is 97.1 Å². The molecule has 1 aliphatic rings. The molecule has 3 aromatic rings. The second-order valence-corrected chi connectivity index (χ2v) is 7.77. The monoisotopic (exact) mass is 439 g/mol. The molecule has 3 amide bonds. The van der Waals surface area contributed by atoms with Crippen LogP contribution in [0.2, 0.25) is 0 Å². The van der Waals surface area contributed by atoms with Gasteiger partial charge >= 0.3 is 6.03 Å². The number of piperidine rings is 1. The average Bonchev–Trinajstić information content (AvgIpc) is 3.39. The number of rotatable bonds is 5. The Hall–Kier alpha value is -3.69. The molecule has 3 heterocycles. The van der Waals surface area contributed by atoms with Crippen LogP contribution in [0.5, 0.6) is 0 Å². The minimum Gasteiger partial charge on any atom is -0.337 e. The van der Waals surface area contributed by atoms with Gasteiger partial charge in [0.15, 0.2) is 0 Å². The Morgan fingerprint density at radius 3 is 2.62 bits per heavy atom. The quantitative estimate of drug-likeness (QED) is 0.636. The van der Waals surface area contributed by atoms with Crippen molar-refractivity contribution in [1.82, 2.24) is 24.5 Å². The van der Waals surface area contributed by atoms with E-state index in [2.05, 4.69) is 20.8 Å². The normalized spacial score (nSPS) is 14.4. The number of halogens is 1. The molecule has 1 saturated heterocycles. The van der Waals surface area contributed by atoms with E-state index in [9.17, 15) is 14.0 Å². The second-order valence-electron chi connectivity index (χ2n) is 7.77. The molecule has 10 heteroatoms. The fraction of sp³-hybridized carbons (Fsp3) is 0.364. The number of hydrogen-bond donors (Lipinski definition) is 2. The molecule has 32 heavy (non-hydrogen) atoms. The third-order valence-electron chi connectivity index (χ3n) is 5.60. The summed E-state index contributed by atoms with van der Waals surface area (Å²) in [6, 6.07) is 8.83. The van der Waals surface area contributed by atoms with Gasteiger partial charge in [0, 0.05) is 31.9 Å². The van der Waals surface area contributed by atoms with Crippen LogP contribution in [-0.2, 0) is 13.5 Å². The zero-order valence-corrected chi connectivity index (χ0v) is 18.1. The number of aryl methyl sites for hydroxylation is 2. The van der Waals surface area contributed by atoms with Gasteiger partial charge in [-0.1, -0.05) is 13.0 Å². The summed E-state index contributed by atoms with van der Waals surface area (Å²) in [7, 11) is 1.79. The predicted octanol–water partition coefficient (Wildman–Crippen LogP) is 3.44. The third kappa shape index (κ3) is 4.63.